The summed E-state index contributed by atoms with van der Waals surface area (Å²) in [5, 5.41) is 8.89. The number of benzene rings is 1. The van der Waals surface area contributed by atoms with Crippen molar-refractivity contribution in [3.8, 4) is 5.69 Å². The predicted molar refractivity (Wildman–Crippen MR) is 93.4 cm³/mol. The van der Waals surface area contributed by atoms with Gasteiger partial charge in [-0.15, -0.1) is 10.2 Å². The van der Waals surface area contributed by atoms with Crippen LogP contribution in [0.1, 0.15) is 19.4 Å². The quantitative estimate of drug-likeness (QED) is 0.795. The smallest absolute Gasteiger partial charge is 0.233 e. The zero-order chi connectivity index (χ0) is 17.1. The van der Waals surface area contributed by atoms with E-state index >= 15 is 0 Å². The number of rotatable bonds is 4. The van der Waals surface area contributed by atoms with Crippen molar-refractivity contribution < 1.29 is 9.53 Å². The number of hydrogen-bond donors (Lipinski definition) is 0. The Morgan fingerprint density at radius 3 is 2.71 bits per heavy atom. The number of nitrogens with zero attached hydrogens (tertiary/aromatic N) is 4. The van der Waals surface area contributed by atoms with Crippen LogP contribution in [0.5, 0.6) is 0 Å². The molecule has 2 aromatic rings. The average Bonchev–Trinajstić information content (AvgIpc) is 3.00. The lowest BCUT2D eigenvalue weighted by atomic mass is 10.2. The third-order valence-corrected chi connectivity index (χ3v) is 4.92. The van der Waals surface area contributed by atoms with Crippen molar-refractivity contribution in [1.82, 2.24) is 19.7 Å². The molecular formula is C17H22N4O2S. The number of aromatic nitrogens is 3. The highest BCUT2D eigenvalue weighted by Crippen LogP contribution is 2.22. The fourth-order valence-electron chi connectivity index (χ4n) is 2.92. The molecule has 6 nitrogen and oxygen atoms in total. The number of thioether (sulfide) groups is 1. The van der Waals surface area contributed by atoms with Gasteiger partial charge in [-0.25, -0.2) is 0 Å². The molecule has 0 saturated carbocycles. The first kappa shape index (κ1) is 17.0. The van der Waals surface area contributed by atoms with Gasteiger partial charge >= 0.3 is 0 Å². The SMILES string of the molecule is Cc1ccccc1-n1cnnc1SCC(=O)N1CC(C)OC(C)C1. The highest BCUT2D eigenvalue weighted by atomic mass is 32.2. The molecule has 0 radical (unpaired) electrons. The summed E-state index contributed by atoms with van der Waals surface area (Å²) in [4.78, 5) is 14.4. The molecule has 1 saturated heterocycles. The molecule has 1 amide bonds. The van der Waals surface area contributed by atoms with Crippen molar-refractivity contribution >= 4 is 17.7 Å². The Morgan fingerprint density at radius 2 is 2.00 bits per heavy atom. The number of carbonyl (C=O) groups is 1. The number of para-hydroxylation sites is 1. The first-order chi connectivity index (χ1) is 11.5. The maximum absolute atomic E-state index is 12.5. The monoisotopic (exact) mass is 346 g/mol. The summed E-state index contributed by atoms with van der Waals surface area (Å²) in [7, 11) is 0. The second-order valence-electron chi connectivity index (χ2n) is 6.11. The van der Waals surface area contributed by atoms with E-state index in [0.717, 1.165) is 16.4 Å². The lowest BCUT2D eigenvalue weighted by Gasteiger charge is -2.35. The van der Waals surface area contributed by atoms with E-state index in [9.17, 15) is 4.79 Å². The van der Waals surface area contributed by atoms with Gasteiger partial charge in [-0.3, -0.25) is 9.36 Å². The standard InChI is InChI=1S/C17H22N4O2S/c1-12-6-4-5-7-15(12)21-11-18-19-17(21)24-10-16(22)20-8-13(2)23-14(3)9-20/h4-7,11,13-14H,8-10H2,1-3H3. The fraction of sp³-hybridized carbons (Fsp3) is 0.471. The van der Waals surface area contributed by atoms with Gasteiger partial charge in [0.15, 0.2) is 5.16 Å². The maximum atomic E-state index is 12.5. The van der Waals surface area contributed by atoms with Crippen LogP contribution < -0.4 is 0 Å². The summed E-state index contributed by atoms with van der Waals surface area (Å²) in [6.45, 7) is 7.34. The number of hydrogen-bond acceptors (Lipinski definition) is 5. The lowest BCUT2D eigenvalue weighted by molar-refractivity contribution is -0.140. The van der Waals surface area contributed by atoms with Gasteiger partial charge in [0.05, 0.1) is 23.6 Å². The molecule has 0 bridgehead atoms. The number of amides is 1. The van der Waals surface area contributed by atoms with Crippen LogP contribution in [0.25, 0.3) is 5.69 Å². The molecule has 24 heavy (non-hydrogen) atoms. The number of morpholine rings is 1. The fourth-order valence-corrected chi connectivity index (χ4v) is 3.75. The van der Waals surface area contributed by atoms with Crippen LogP contribution >= 0.6 is 11.8 Å². The molecule has 0 aliphatic carbocycles. The van der Waals surface area contributed by atoms with Crippen LogP contribution in [0.15, 0.2) is 35.7 Å². The van der Waals surface area contributed by atoms with Gasteiger partial charge in [0.1, 0.15) is 6.33 Å². The molecule has 2 heterocycles. The highest BCUT2D eigenvalue weighted by molar-refractivity contribution is 7.99. The van der Waals surface area contributed by atoms with Crippen LogP contribution in [0, 0.1) is 6.92 Å². The lowest BCUT2D eigenvalue weighted by Crippen LogP contribution is -2.48. The van der Waals surface area contributed by atoms with E-state index in [-0.39, 0.29) is 18.1 Å². The minimum Gasteiger partial charge on any atom is -0.372 e. The van der Waals surface area contributed by atoms with Crippen molar-refractivity contribution in [3.63, 3.8) is 0 Å². The van der Waals surface area contributed by atoms with E-state index in [1.807, 2.05) is 54.5 Å². The summed E-state index contributed by atoms with van der Waals surface area (Å²) in [5.74, 6) is 0.464. The van der Waals surface area contributed by atoms with Gasteiger partial charge in [-0.05, 0) is 32.4 Å². The van der Waals surface area contributed by atoms with E-state index in [1.54, 1.807) is 6.33 Å². The largest absolute Gasteiger partial charge is 0.372 e. The minimum atomic E-state index is 0.0818. The molecule has 7 heteroatoms. The summed E-state index contributed by atoms with van der Waals surface area (Å²) in [6, 6.07) is 8.06. The van der Waals surface area contributed by atoms with Crippen LogP contribution in [-0.2, 0) is 9.53 Å². The normalized spacial score (nSPS) is 21.0. The van der Waals surface area contributed by atoms with E-state index in [4.69, 9.17) is 4.74 Å². The predicted octanol–water partition coefficient (Wildman–Crippen LogP) is 2.30. The molecule has 1 fully saturated rings. The Morgan fingerprint density at radius 1 is 1.29 bits per heavy atom. The Kier molecular flexibility index (Phi) is 5.20. The molecule has 128 valence electrons. The third kappa shape index (κ3) is 3.79. The minimum absolute atomic E-state index is 0.0818. The summed E-state index contributed by atoms with van der Waals surface area (Å²) in [6.07, 6.45) is 1.85. The second-order valence-corrected chi connectivity index (χ2v) is 7.06. The zero-order valence-corrected chi connectivity index (χ0v) is 15.0. The summed E-state index contributed by atoms with van der Waals surface area (Å²) >= 11 is 1.42. The van der Waals surface area contributed by atoms with Gasteiger partial charge in [-0.1, -0.05) is 30.0 Å². The summed E-state index contributed by atoms with van der Waals surface area (Å²) in [5.41, 5.74) is 2.17. The topological polar surface area (TPSA) is 60.2 Å². The van der Waals surface area contributed by atoms with Gasteiger partial charge in [-0.2, -0.15) is 0 Å². The number of carbonyl (C=O) groups excluding carboxylic acids is 1. The first-order valence-corrected chi connectivity index (χ1v) is 9.05. The average molecular weight is 346 g/mol. The van der Waals surface area contributed by atoms with Gasteiger partial charge in [0.25, 0.3) is 0 Å². The van der Waals surface area contributed by atoms with Crippen molar-refractivity contribution in [3.05, 3.63) is 36.2 Å². The molecule has 2 unspecified atom stereocenters. The van der Waals surface area contributed by atoms with Gasteiger partial charge in [0.2, 0.25) is 5.91 Å². The molecule has 3 rings (SSSR count). The van der Waals surface area contributed by atoms with Crippen molar-refractivity contribution in [2.75, 3.05) is 18.8 Å². The Bertz CT molecular complexity index is 708. The maximum Gasteiger partial charge on any atom is 0.233 e. The molecule has 1 aliphatic rings. The first-order valence-electron chi connectivity index (χ1n) is 8.06. The third-order valence-electron chi connectivity index (χ3n) is 3.99. The van der Waals surface area contributed by atoms with Crippen LogP contribution in [0.3, 0.4) is 0 Å². The van der Waals surface area contributed by atoms with Gasteiger partial charge in [0, 0.05) is 13.1 Å². The molecule has 0 N–H and O–H groups in total. The summed E-state index contributed by atoms with van der Waals surface area (Å²) < 4.78 is 7.61. The van der Waals surface area contributed by atoms with E-state index in [0.29, 0.717) is 18.8 Å². The molecule has 1 aromatic heterocycles. The van der Waals surface area contributed by atoms with Crippen molar-refractivity contribution in [2.45, 2.75) is 38.1 Å². The Labute approximate surface area is 146 Å². The zero-order valence-electron chi connectivity index (χ0n) is 14.2. The van der Waals surface area contributed by atoms with E-state index in [2.05, 4.69) is 10.2 Å². The van der Waals surface area contributed by atoms with E-state index in [1.165, 1.54) is 11.8 Å². The van der Waals surface area contributed by atoms with Gasteiger partial charge < -0.3 is 9.64 Å². The van der Waals surface area contributed by atoms with Crippen molar-refractivity contribution in [2.24, 2.45) is 0 Å². The Hall–Kier alpha value is -1.86. The van der Waals surface area contributed by atoms with Crippen LogP contribution in [0.4, 0.5) is 0 Å². The molecule has 0 spiro atoms. The molecule has 1 aliphatic heterocycles. The second kappa shape index (κ2) is 7.36. The molecular weight excluding hydrogens is 324 g/mol. The number of ether oxygens (including phenoxy) is 1. The highest BCUT2D eigenvalue weighted by Gasteiger charge is 2.26. The van der Waals surface area contributed by atoms with Crippen molar-refractivity contribution in [1.29, 1.82) is 0 Å². The Balaban J connectivity index is 1.67. The molecule has 1 aromatic carbocycles. The molecule has 2 atom stereocenters. The number of aryl methyl sites for hydroxylation is 1. The van der Waals surface area contributed by atoms with E-state index < -0.39 is 0 Å². The van der Waals surface area contributed by atoms with Crippen LogP contribution in [0.2, 0.25) is 0 Å². The van der Waals surface area contributed by atoms with Crippen LogP contribution in [-0.4, -0.2) is 56.6 Å².